The van der Waals surface area contributed by atoms with Gasteiger partial charge in [0.25, 0.3) is 0 Å². The highest BCUT2D eigenvalue weighted by Gasteiger charge is 2.29. The zero-order chi connectivity index (χ0) is 18.2. The third kappa shape index (κ3) is 3.28. The van der Waals surface area contributed by atoms with E-state index in [9.17, 15) is 12.8 Å². The average molecular weight is 360 g/mol. The van der Waals surface area contributed by atoms with Crippen LogP contribution in [0.4, 0.5) is 10.3 Å². The molecule has 0 aliphatic rings. The summed E-state index contributed by atoms with van der Waals surface area (Å²) in [5.74, 6) is -0.148. The summed E-state index contributed by atoms with van der Waals surface area (Å²) in [7, 11) is -0.508. The Morgan fingerprint density at radius 2 is 1.60 bits per heavy atom. The number of aryl methyl sites for hydroxylation is 1. The van der Waals surface area contributed by atoms with E-state index in [0.29, 0.717) is 5.56 Å². The topological polar surface area (TPSA) is 63.4 Å². The van der Waals surface area contributed by atoms with Gasteiger partial charge in [-0.2, -0.15) is 4.98 Å². The third-order valence-corrected chi connectivity index (χ3v) is 5.33. The molecule has 0 amide bonds. The van der Waals surface area contributed by atoms with Crippen molar-refractivity contribution < 1.29 is 17.2 Å². The van der Waals surface area contributed by atoms with E-state index in [1.165, 1.54) is 36.4 Å². The quantitative estimate of drug-likeness (QED) is 0.710. The van der Waals surface area contributed by atoms with E-state index in [4.69, 9.17) is 4.42 Å². The second-order valence-corrected chi connectivity index (χ2v) is 7.71. The number of aromatic nitrogens is 1. The summed E-state index contributed by atoms with van der Waals surface area (Å²) in [4.78, 5) is 5.86. The fourth-order valence-corrected chi connectivity index (χ4v) is 3.68. The zero-order valence-electron chi connectivity index (χ0n) is 14.0. The minimum absolute atomic E-state index is 0.120. The highest BCUT2D eigenvalue weighted by atomic mass is 32.2. The Hall–Kier alpha value is -2.67. The monoisotopic (exact) mass is 360 g/mol. The van der Waals surface area contributed by atoms with Gasteiger partial charge in [0.2, 0.25) is 26.6 Å². The normalized spacial score (nSPS) is 11.5. The lowest BCUT2D eigenvalue weighted by Gasteiger charge is -2.10. The van der Waals surface area contributed by atoms with Crippen LogP contribution < -0.4 is 4.90 Å². The lowest BCUT2D eigenvalue weighted by atomic mass is 10.2. The number of nitrogens with zero attached hydrogens (tertiary/aromatic N) is 2. The molecule has 25 heavy (non-hydrogen) atoms. The molecular weight excluding hydrogens is 343 g/mol. The minimum atomic E-state index is -3.85. The van der Waals surface area contributed by atoms with Crippen molar-refractivity contribution in [1.29, 1.82) is 0 Å². The first-order valence-corrected chi connectivity index (χ1v) is 9.03. The molecule has 5 nitrogen and oxygen atoms in total. The molecule has 130 valence electrons. The number of anilines is 1. The zero-order valence-corrected chi connectivity index (χ0v) is 14.8. The third-order valence-electron chi connectivity index (χ3n) is 3.66. The first-order valence-electron chi connectivity index (χ1n) is 7.55. The van der Waals surface area contributed by atoms with Gasteiger partial charge >= 0.3 is 0 Å². The second kappa shape index (κ2) is 6.33. The maximum Gasteiger partial charge on any atom is 0.235 e. The van der Waals surface area contributed by atoms with Gasteiger partial charge in [-0.25, -0.2) is 12.8 Å². The summed E-state index contributed by atoms with van der Waals surface area (Å²) in [6.07, 6.45) is 0. The van der Waals surface area contributed by atoms with Crippen molar-refractivity contribution in [3.8, 4) is 11.5 Å². The van der Waals surface area contributed by atoms with E-state index in [1.54, 1.807) is 31.1 Å². The van der Waals surface area contributed by atoms with E-state index in [-0.39, 0.29) is 21.7 Å². The summed E-state index contributed by atoms with van der Waals surface area (Å²) >= 11 is 0. The number of halogens is 1. The smallest absolute Gasteiger partial charge is 0.235 e. The SMILES string of the molecule is Cc1ccc(S(=O)(=O)c2nc(-c3ccc(F)cc3)oc2N(C)C)cc1. The van der Waals surface area contributed by atoms with Crippen LogP contribution in [0, 0.1) is 12.7 Å². The molecule has 0 spiro atoms. The summed E-state index contributed by atoms with van der Waals surface area (Å²) in [5.41, 5.74) is 1.45. The molecule has 0 unspecified atom stereocenters. The Balaban J connectivity index is 2.14. The molecule has 0 saturated heterocycles. The number of sulfone groups is 1. The van der Waals surface area contributed by atoms with Crippen LogP contribution in [0.1, 0.15) is 5.56 Å². The Morgan fingerprint density at radius 1 is 1.00 bits per heavy atom. The number of hydrogen-bond acceptors (Lipinski definition) is 5. The molecule has 0 atom stereocenters. The Bertz CT molecular complexity index is 992. The van der Waals surface area contributed by atoms with Crippen LogP contribution in [0.25, 0.3) is 11.5 Å². The summed E-state index contributed by atoms with van der Waals surface area (Å²) < 4.78 is 44.7. The predicted molar refractivity (Wildman–Crippen MR) is 92.9 cm³/mol. The number of oxazole rings is 1. The Labute approximate surface area is 145 Å². The molecule has 7 heteroatoms. The van der Waals surface area contributed by atoms with E-state index in [2.05, 4.69) is 4.98 Å². The molecule has 3 rings (SSSR count). The number of rotatable bonds is 4. The molecule has 2 aromatic carbocycles. The van der Waals surface area contributed by atoms with E-state index in [1.807, 2.05) is 6.92 Å². The molecule has 1 heterocycles. The standard InChI is InChI=1S/C18H17FN2O3S/c1-12-4-10-15(11-5-12)25(22,23)17-18(21(2)3)24-16(20-17)13-6-8-14(19)9-7-13/h4-11H,1-3H3. The molecule has 0 aliphatic heterocycles. The lowest BCUT2D eigenvalue weighted by Crippen LogP contribution is -2.13. The van der Waals surface area contributed by atoms with Gasteiger partial charge in [-0.05, 0) is 43.3 Å². The van der Waals surface area contributed by atoms with Gasteiger partial charge < -0.3 is 9.32 Å². The second-order valence-electron chi connectivity index (χ2n) is 5.85. The van der Waals surface area contributed by atoms with Crippen molar-refractivity contribution >= 4 is 15.7 Å². The van der Waals surface area contributed by atoms with Crippen LogP contribution in [0.15, 0.2) is 62.9 Å². The van der Waals surface area contributed by atoms with Crippen molar-refractivity contribution in [2.45, 2.75) is 16.8 Å². The maximum atomic E-state index is 13.1. The highest BCUT2D eigenvalue weighted by molar-refractivity contribution is 7.91. The molecule has 0 N–H and O–H groups in total. The minimum Gasteiger partial charge on any atom is -0.419 e. The average Bonchev–Trinajstić information content (AvgIpc) is 3.02. The Morgan fingerprint density at radius 3 is 2.16 bits per heavy atom. The molecule has 3 aromatic rings. The van der Waals surface area contributed by atoms with Crippen LogP contribution in [0.3, 0.4) is 0 Å². The van der Waals surface area contributed by atoms with Gasteiger partial charge in [-0.3, -0.25) is 0 Å². The van der Waals surface area contributed by atoms with Crippen LogP contribution in [-0.2, 0) is 9.84 Å². The fourth-order valence-electron chi connectivity index (χ4n) is 2.30. The molecular formula is C18H17FN2O3S. The summed E-state index contributed by atoms with van der Waals surface area (Å²) in [5, 5.41) is -0.166. The van der Waals surface area contributed by atoms with Crippen LogP contribution in [0.5, 0.6) is 0 Å². The number of benzene rings is 2. The molecule has 0 saturated carbocycles. The molecule has 0 radical (unpaired) electrons. The molecule has 0 fully saturated rings. The number of hydrogen-bond donors (Lipinski definition) is 0. The molecule has 0 bridgehead atoms. The lowest BCUT2D eigenvalue weighted by molar-refractivity contribution is 0.564. The first-order chi connectivity index (χ1) is 11.8. The first kappa shape index (κ1) is 17.2. The van der Waals surface area contributed by atoms with Crippen molar-refractivity contribution in [2.75, 3.05) is 19.0 Å². The fraction of sp³-hybridized carbons (Fsp3) is 0.167. The van der Waals surface area contributed by atoms with Crippen molar-refractivity contribution in [2.24, 2.45) is 0 Å². The van der Waals surface area contributed by atoms with E-state index in [0.717, 1.165) is 5.56 Å². The van der Waals surface area contributed by atoms with Crippen molar-refractivity contribution in [3.63, 3.8) is 0 Å². The van der Waals surface area contributed by atoms with Crippen LogP contribution in [0.2, 0.25) is 0 Å². The van der Waals surface area contributed by atoms with E-state index >= 15 is 0 Å². The van der Waals surface area contributed by atoms with Gasteiger partial charge in [-0.15, -0.1) is 0 Å². The molecule has 1 aromatic heterocycles. The van der Waals surface area contributed by atoms with Crippen LogP contribution >= 0.6 is 0 Å². The van der Waals surface area contributed by atoms with E-state index < -0.39 is 15.7 Å². The van der Waals surface area contributed by atoms with Gasteiger partial charge in [-0.1, -0.05) is 17.7 Å². The maximum absolute atomic E-state index is 13.1. The van der Waals surface area contributed by atoms with Gasteiger partial charge in [0.15, 0.2) is 0 Å². The largest absolute Gasteiger partial charge is 0.419 e. The molecule has 0 aliphatic carbocycles. The highest BCUT2D eigenvalue weighted by Crippen LogP contribution is 2.33. The van der Waals surface area contributed by atoms with Crippen LogP contribution in [-0.4, -0.2) is 27.5 Å². The summed E-state index contributed by atoms with van der Waals surface area (Å²) in [6, 6.07) is 12.0. The Kier molecular flexibility index (Phi) is 4.34. The van der Waals surface area contributed by atoms with Crippen molar-refractivity contribution in [3.05, 3.63) is 59.9 Å². The van der Waals surface area contributed by atoms with Gasteiger partial charge in [0, 0.05) is 19.7 Å². The van der Waals surface area contributed by atoms with Gasteiger partial charge in [0.1, 0.15) is 5.82 Å². The van der Waals surface area contributed by atoms with Gasteiger partial charge in [0.05, 0.1) is 4.90 Å². The predicted octanol–water partition coefficient (Wildman–Crippen LogP) is 3.69. The summed E-state index contributed by atoms with van der Waals surface area (Å²) in [6.45, 7) is 1.88. The van der Waals surface area contributed by atoms with Crippen molar-refractivity contribution in [1.82, 2.24) is 4.98 Å².